The fourth-order valence-electron chi connectivity index (χ4n) is 2.23. The summed E-state index contributed by atoms with van der Waals surface area (Å²) in [5.41, 5.74) is 0.196. The van der Waals surface area contributed by atoms with E-state index in [9.17, 15) is 23.7 Å². The Morgan fingerprint density at radius 3 is 2.58 bits per heavy atom. The zero-order chi connectivity index (χ0) is 19.3. The molecule has 0 saturated heterocycles. The molecule has 26 heavy (non-hydrogen) atoms. The van der Waals surface area contributed by atoms with Gasteiger partial charge in [-0.3, -0.25) is 14.9 Å². The summed E-state index contributed by atoms with van der Waals surface area (Å²) >= 11 is 0. The van der Waals surface area contributed by atoms with Crippen LogP contribution in [-0.2, 0) is 4.79 Å². The zero-order valence-electron chi connectivity index (χ0n) is 14.1. The van der Waals surface area contributed by atoms with Crippen LogP contribution in [0.15, 0.2) is 36.4 Å². The predicted molar refractivity (Wildman–Crippen MR) is 91.1 cm³/mol. The lowest BCUT2D eigenvalue weighted by molar-refractivity contribution is -0.384. The Bertz CT molecular complexity index is 830. The van der Waals surface area contributed by atoms with Crippen molar-refractivity contribution in [2.75, 3.05) is 19.0 Å². The lowest BCUT2D eigenvalue weighted by Crippen LogP contribution is -2.30. The van der Waals surface area contributed by atoms with Gasteiger partial charge in [0.05, 0.1) is 24.6 Å². The maximum atomic E-state index is 13.3. The molecule has 0 aliphatic rings. The molecule has 0 fully saturated rings. The minimum Gasteiger partial charge on any atom is -0.496 e. The molecule has 138 valence electrons. The van der Waals surface area contributed by atoms with E-state index in [2.05, 4.69) is 10.6 Å². The number of nitrogens with zero attached hydrogens (tertiary/aromatic N) is 1. The van der Waals surface area contributed by atoms with Gasteiger partial charge in [0.15, 0.2) is 11.6 Å². The van der Waals surface area contributed by atoms with Crippen LogP contribution in [0.3, 0.4) is 0 Å². The maximum Gasteiger partial charge on any atom is 0.296 e. The highest BCUT2D eigenvalue weighted by molar-refractivity contribution is 5.94. The summed E-state index contributed by atoms with van der Waals surface area (Å²) in [4.78, 5) is 22.5. The summed E-state index contributed by atoms with van der Waals surface area (Å²) in [6.07, 6.45) is 0. The number of nitro benzene ring substituents is 1. The molecular weight excluding hydrogens is 348 g/mol. The van der Waals surface area contributed by atoms with E-state index in [0.29, 0.717) is 11.3 Å². The summed E-state index contributed by atoms with van der Waals surface area (Å²) < 4.78 is 31.1. The molecule has 0 aliphatic heterocycles. The van der Waals surface area contributed by atoms with Crippen molar-refractivity contribution in [3.63, 3.8) is 0 Å². The predicted octanol–water partition coefficient (Wildman–Crippen LogP) is 3.17. The van der Waals surface area contributed by atoms with Gasteiger partial charge in [-0.2, -0.15) is 0 Å². The molecule has 0 aliphatic carbocycles. The number of carbonyl (C=O) groups is 1. The van der Waals surface area contributed by atoms with Crippen LogP contribution in [0.4, 0.5) is 20.2 Å². The average molecular weight is 365 g/mol. The smallest absolute Gasteiger partial charge is 0.296 e. The molecule has 0 bridgehead atoms. The van der Waals surface area contributed by atoms with Crippen LogP contribution in [-0.4, -0.2) is 24.5 Å². The van der Waals surface area contributed by atoms with Crippen molar-refractivity contribution < 1.29 is 23.2 Å². The van der Waals surface area contributed by atoms with Crippen LogP contribution in [0.1, 0.15) is 18.5 Å². The number of hydrogen-bond donors (Lipinski definition) is 2. The lowest BCUT2D eigenvalue weighted by atomic mass is 10.1. The van der Waals surface area contributed by atoms with Crippen LogP contribution in [0.25, 0.3) is 0 Å². The second-order valence-electron chi connectivity index (χ2n) is 5.46. The van der Waals surface area contributed by atoms with Gasteiger partial charge in [0.25, 0.3) is 5.69 Å². The summed E-state index contributed by atoms with van der Waals surface area (Å²) in [5, 5.41) is 16.4. The Morgan fingerprint density at radius 2 is 1.96 bits per heavy atom. The summed E-state index contributed by atoms with van der Waals surface area (Å²) in [6, 6.07) is 7.08. The van der Waals surface area contributed by atoms with Gasteiger partial charge >= 0.3 is 0 Å². The second-order valence-corrected chi connectivity index (χ2v) is 5.46. The van der Waals surface area contributed by atoms with E-state index < -0.39 is 28.5 Å². The molecule has 0 saturated carbocycles. The van der Waals surface area contributed by atoms with Crippen LogP contribution in [0.2, 0.25) is 0 Å². The number of nitrogens with one attached hydrogen (secondary N) is 2. The standard InChI is InChI=1S/C17H17F2N3O4/c1-10(11-3-5-13(18)14(19)7-11)20-9-17(23)21-15-6-4-12(26-2)8-16(15)22(24)25/h3-8,10,20H,9H2,1-2H3,(H,21,23)/t10-/m0/s1. The van der Waals surface area contributed by atoms with Crippen LogP contribution >= 0.6 is 0 Å². The fraction of sp³-hybridized carbons (Fsp3) is 0.235. The van der Waals surface area contributed by atoms with Gasteiger partial charge in [-0.25, -0.2) is 8.78 Å². The maximum absolute atomic E-state index is 13.3. The minimum absolute atomic E-state index is 0.0306. The molecule has 0 aromatic heterocycles. The molecule has 1 atom stereocenters. The minimum atomic E-state index is -0.977. The van der Waals surface area contributed by atoms with Crippen LogP contribution < -0.4 is 15.4 Å². The number of nitro groups is 1. The van der Waals surface area contributed by atoms with Gasteiger partial charge in [-0.05, 0) is 36.8 Å². The Balaban J connectivity index is 2.00. The van der Waals surface area contributed by atoms with Crippen LogP contribution in [0.5, 0.6) is 5.75 Å². The molecule has 1 amide bonds. The molecule has 0 radical (unpaired) electrons. The molecule has 2 N–H and O–H groups in total. The number of ether oxygens (including phenoxy) is 1. The first-order valence-corrected chi connectivity index (χ1v) is 7.62. The van der Waals surface area contributed by atoms with Gasteiger partial charge in [0, 0.05) is 6.04 Å². The van der Waals surface area contributed by atoms with Gasteiger partial charge in [-0.1, -0.05) is 6.07 Å². The number of hydrogen-bond acceptors (Lipinski definition) is 5. The number of benzene rings is 2. The molecule has 9 heteroatoms. The van der Waals surface area contributed by atoms with Gasteiger partial charge in [0.2, 0.25) is 5.91 Å². The summed E-state index contributed by atoms with van der Waals surface area (Å²) in [5.74, 6) is -2.16. The van der Waals surface area contributed by atoms with Crippen LogP contribution in [0, 0.1) is 21.7 Å². The van der Waals surface area contributed by atoms with E-state index in [1.165, 1.54) is 31.4 Å². The van der Waals surface area contributed by atoms with E-state index in [4.69, 9.17) is 4.74 Å². The molecule has 2 aromatic rings. The van der Waals surface area contributed by atoms with Crippen molar-refractivity contribution in [1.82, 2.24) is 5.32 Å². The Morgan fingerprint density at radius 1 is 1.23 bits per heavy atom. The van der Waals surface area contributed by atoms with E-state index in [1.807, 2.05) is 0 Å². The molecule has 0 spiro atoms. The monoisotopic (exact) mass is 365 g/mol. The normalized spacial score (nSPS) is 11.7. The Hall–Kier alpha value is -3.07. The summed E-state index contributed by atoms with van der Waals surface area (Å²) in [6.45, 7) is 1.50. The van der Waals surface area contributed by atoms with Gasteiger partial charge in [0.1, 0.15) is 11.4 Å². The zero-order valence-corrected chi connectivity index (χ0v) is 14.1. The number of methoxy groups -OCH3 is 1. The third kappa shape index (κ3) is 4.73. The van der Waals surface area contributed by atoms with E-state index in [-0.39, 0.29) is 17.9 Å². The van der Waals surface area contributed by atoms with Gasteiger partial charge in [-0.15, -0.1) is 0 Å². The first-order valence-electron chi connectivity index (χ1n) is 7.62. The highest BCUT2D eigenvalue weighted by Crippen LogP contribution is 2.28. The molecular formula is C17H17F2N3O4. The lowest BCUT2D eigenvalue weighted by Gasteiger charge is -2.14. The van der Waals surface area contributed by atoms with Crippen molar-refractivity contribution in [3.8, 4) is 5.75 Å². The molecule has 0 heterocycles. The fourth-order valence-corrected chi connectivity index (χ4v) is 2.23. The first kappa shape index (κ1) is 19.3. The van der Waals surface area contributed by atoms with E-state index in [0.717, 1.165) is 12.1 Å². The quantitative estimate of drug-likeness (QED) is 0.581. The van der Waals surface area contributed by atoms with Crippen molar-refractivity contribution >= 4 is 17.3 Å². The molecule has 7 nitrogen and oxygen atoms in total. The topological polar surface area (TPSA) is 93.5 Å². The van der Waals surface area contributed by atoms with Crippen molar-refractivity contribution in [2.24, 2.45) is 0 Å². The number of anilines is 1. The van der Waals surface area contributed by atoms with Gasteiger partial charge < -0.3 is 15.4 Å². The number of halogens is 2. The number of carbonyl (C=O) groups excluding carboxylic acids is 1. The SMILES string of the molecule is COc1ccc(NC(=O)CN[C@@H](C)c2ccc(F)c(F)c2)c([N+](=O)[O-])c1. The third-order valence-corrected chi connectivity index (χ3v) is 3.69. The van der Waals surface area contributed by atoms with E-state index in [1.54, 1.807) is 6.92 Å². The second kappa shape index (κ2) is 8.34. The number of amides is 1. The van der Waals surface area contributed by atoms with Crippen molar-refractivity contribution in [2.45, 2.75) is 13.0 Å². The average Bonchev–Trinajstić information content (AvgIpc) is 2.62. The van der Waals surface area contributed by atoms with Crippen molar-refractivity contribution in [1.29, 1.82) is 0 Å². The highest BCUT2D eigenvalue weighted by atomic mass is 19.2. The highest BCUT2D eigenvalue weighted by Gasteiger charge is 2.18. The van der Waals surface area contributed by atoms with E-state index >= 15 is 0 Å². The Labute approximate surface area is 148 Å². The molecule has 0 unspecified atom stereocenters. The third-order valence-electron chi connectivity index (χ3n) is 3.69. The van der Waals surface area contributed by atoms with Crippen molar-refractivity contribution in [3.05, 3.63) is 63.7 Å². The largest absolute Gasteiger partial charge is 0.496 e. The number of rotatable bonds is 7. The molecule has 2 rings (SSSR count). The summed E-state index contributed by atoms with van der Waals surface area (Å²) in [7, 11) is 1.38. The Kier molecular flexibility index (Phi) is 6.18. The first-order chi connectivity index (χ1) is 12.3. The molecule has 2 aromatic carbocycles.